The van der Waals surface area contributed by atoms with Crippen molar-refractivity contribution in [3.8, 4) is 0 Å². The first kappa shape index (κ1) is 14.9. The molecule has 2 rings (SSSR count). The number of hydrogen-bond donors (Lipinski definition) is 0. The zero-order valence-corrected chi connectivity index (χ0v) is 12.1. The Kier molecular flexibility index (Phi) is 4.67. The highest BCUT2D eigenvalue weighted by atomic mass is 35.5. The Morgan fingerprint density at radius 1 is 1.60 bits per heavy atom. The standard InChI is InChI=1S/C13H11ClFNO3S/c1-19-13(18)5-12-16(11(17)7-20-12)6-8-9(14)3-2-4-10(8)15/h2-5H,6-7H2,1H3/b12-5+. The minimum Gasteiger partial charge on any atom is -0.466 e. The maximum absolute atomic E-state index is 13.7. The number of esters is 1. The average molecular weight is 316 g/mol. The Balaban J connectivity index is 2.28. The van der Waals surface area contributed by atoms with E-state index in [1.807, 2.05) is 0 Å². The molecule has 4 nitrogen and oxygen atoms in total. The van der Waals surface area contributed by atoms with Crippen molar-refractivity contribution in [2.75, 3.05) is 12.9 Å². The molecule has 0 radical (unpaired) electrons. The fourth-order valence-corrected chi connectivity index (χ4v) is 2.85. The molecule has 0 N–H and O–H groups in total. The number of methoxy groups -OCH3 is 1. The molecule has 1 aromatic rings. The number of carbonyl (C=O) groups excluding carboxylic acids is 2. The number of thioether (sulfide) groups is 1. The van der Waals surface area contributed by atoms with E-state index in [0.29, 0.717) is 5.03 Å². The number of hydrogen-bond acceptors (Lipinski definition) is 4. The summed E-state index contributed by atoms with van der Waals surface area (Å²) >= 11 is 7.14. The number of benzene rings is 1. The maximum Gasteiger partial charge on any atom is 0.333 e. The molecule has 1 aromatic carbocycles. The molecule has 1 aliphatic rings. The van der Waals surface area contributed by atoms with E-state index >= 15 is 0 Å². The van der Waals surface area contributed by atoms with Gasteiger partial charge in [-0.3, -0.25) is 4.79 Å². The van der Waals surface area contributed by atoms with Gasteiger partial charge in [0.1, 0.15) is 5.82 Å². The lowest BCUT2D eigenvalue weighted by Crippen LogP contribution is -2.25. The second-order valence-electron chi connectivity index (χ2n) is 3.97. The highest BCUT2D eigenvalue weighted by Gasteiger charge is 2.28. The zero-order valence-electron chi connectivity index (χ0n) is 10.6. The summed E-state index contributed by atoms with van der Waals surface area (Å²) in [5.74, 6) is -1.05. The third-order valence-corrected chi connectivity index (χ3v) is 4.11. The van der Waals surface area contributed by atoms with E-state index in [-0.39, 0.29) is 28.8 Å². The van der Waals surface area contributed by atoms with Crippen LogP contribution in [0.1, 0.15) is 5.56 Å². The van der Waals surface area contributed by atoms with Crippen LogP contribution in [-0.4, -0.2) is 29.6 Å². The molecule has 0 bridgehead atoms. The Morgan fingerprint density at radius 3 is 3.00 bits per heavy atom. The number of amides is 1. The molecule has 1 amide bonds. The smallest absolute Gasteiger partial charge is 0.333 e. The number of rotatable bonds is 3. The second kappa shape index (κ2) is 6.28. The van der Waals surface area contributed by atoms with E-state index in [4.69, 9.17) is 11.6 Å². The van der Waals surface area contributed by atoms with Crippen LogP contribution in [0.15, 0.2) is 29.3 Å². The molecule has 0 aromatic heterocycles. The van der Waals surface area contributed by atoms with Crippen LogP contribution in [0.25, 0.3) is 0 Å². The Bertz CT molecular complexity index is 571. The summed E-state index contributed by atoms with van der Waals surface area (Å²) in [5.41, 5.74) is 0.223. The molecule has 0 saturated carbocycles. The summed E-state index contributed by atoms with van der Waals surface area (Å²) in [6.07, 6.45) is 1.21. The first-order valence-corrected chi connectivity index (χ1v) is 7.05. The highest BCUT2D eigenvalue weighted by Crippen LogP contribution is 2.32. The van der Waals surface area contributed by atoms with Crippen molar-refractivity contribution >= 4 is 35.2 Å². The highest BCUT2D eigenvalue weighted by molar-refractivity contribution is 8.04. The predicted octanol–water partition coefficient (Wildman–Crippen LogP) is 2.57. The molecule has 1 heterocycles. The Labute approximate surface area is 124 Å². The van der Waals surface area contributed by atoms with Crippen molar-refractivity contribution in [3.05, 3.63) is 45.7 Å². The molecular weight excluding hydrogens is 305 g/mol. The van der Waals surface area contributed by atoms with Gasteiger partial charge in [-0.25, -0.2) is 9.18 Å². The summed E-state index contributed by atoms with van der Waals surface area (Å²) in [6.45, 7) is -0.0137. The molecule has 7 heteroatoms. The number of halogens is 2. The van der Waals surface area contributed by atoms with Gasteiger partial charge in [0.05, 0.1) is 30.5 Å². The van der Waals surface area contributed by atoms with Gasteiger partial charge in [-0.15, -0.1) is 0 Å². The Hall–Kier alpha value is -1.53. The average Bonchev–Trinajstić information content (AvgIpc) is 2.75. The van der Waals surface area contributed by atoms with Crippen LogP contribution < -0.4 is 0 Å². The predicted molar refractivity (Wildman–Crippen MR) is 74.5 cm³/mol. The van der Waals surface area contributed by atoms with Crippen molar-refractivity contribution in [1.29, 1.82) is 0 Å². The quantitative estimate of drug-likeness (QED) is 0.635. The van der Waals surface area contributed by atoms with Crippen LogP contribution >= 0.6 is 23.4 Å². The number of ether oxygens (including phenoxy) is 1. The van der Waals surface area contributed by atoms with Crippen molar-refractivity contribution in [1.82, 2.24) is 4.90 Å². The molecule has 1 fully saturated rings. The van der Waals surface area contributed by atoms with Crippen LogP contribution in [0.4, 0.5) is 4.39 Å². The Morgan fingerprint density at radius 2 is 2.35 bits per heavy atom. The molecule has 1 aliphatic heterocycles. The fraction of sp³-hybridized carbons (Fsp3) is 0.231. The van der Waals surface area contributed by atoms with Crippen LogP contribution in [0.2, 0.25) is 5.02 Å². The van der Waals surface area contributed by atoms with Crippen LogP contribution in [0.3, 0.4) is 0 Å². The van der Waals surface area contributed by atoms with E-state index in [1.54, 1.807) is 6.07 Å². The topological polar surface area (TPSA) is 46.6 Å². The van der Waals surface area contributed by atoms with Gasteiger partial charge in [0.2, 0.25) is 5.91 Å². The van der Waals surface area contributed by atoms with Crippen molar-refractivity contribution in [3.63, 3.8) is 0 Å². The third kappa shape index (κ3) is 3.13. The lowest BCUT2D eigenvalue weighted by Gasteiger charge is -2.18. The van der Waals surface area contributed by atoms with Gasteiger partial charge in [-0.2, -0.15) is 0 Å². The molecule has 0 unspecified atom stereocenters. The summed E-state index contributed by atoms with van der Waals surface area (Å²) in [6, 6.07) is 4.32. The van der Waals surface area contributed by atoms with E-state index in [0.717, 1.165) is 0 Å². The lowest BCUT2D eigenvalue weighted by molar-refractivity contribution is -0.134. The molecule has 0 aliphatic carbocycles. The summed E-state index contributed by atoms with van der Waals surface area (Å²) < 4.78 is 18.3. The van der Waals surface area contributed by atoms with Gasteiger partial charge < -0.3 is 9.64 Å². The molecule has 20 heavy (non-hydrogen) atoms. The van der Waals surface area contributed by atoms with E-state index < -0.39 is 11.8 Å². The van der Waals surface area contributed by atoms with E-state index in [9.17, 15) is 14.0 Å². The third-order valence-electron chi connectivity index (χ3n) is 2.73. The monoisotopic (exact) mass is 315 g/mol. The van der Waals surface area contributed by atoms with Gasteiger partial charge in [0, 0.05) is 10.6 Å². The van der Waals surface area contributed by atoms with Gasteiger partial charge in [0.25, 0.3) is 0 Å². The van der Waals surface area contributed by atoms with Crippen molar-refractivity contribution in [2.24, 2.45) is 0 Å². The molecule has 0 spiro atoms. The summed E-state index contributed by atoms with van der Waals surface area (Å²) in [5, 5.41) is 0.674. The van der Waals surface area contributed by atoms with Gasteiger partial charge in [-0.05, 0) is 12.1 Å². The first-order chi connectivity index (χ1) is 9.52. The maximum atomic E-state index is 13.7. The van der Waals surface area contributed by atoms with Crippen molar-refractivity contribution < 1.29 is 18.7 Å². The van der Waals surface area contributed by atoms with Crippen molar-refractivity contribution in [2.45, 2.75) is 6.54 Å². The fourth-order valence-electron chi connectivity index (χ4n) is 1.70. The minimum absolute atomic E-state index is 0.0137. The largest absolute Gasteiger partial charge is 0.466 e. The second-order valence-corrected chi connectivity index (χ2v) is 5.38. The van der Waals surface area contributed by atoms with Gasteiger partial charge >= 0.3 is 5.97 Å². The lowest BCUT2D eigenvalue weighted by atomic mass is 10.2. The molecule has 106 valence electrons. The first-order valence-electron chi connectivity index (χ1n) is 5.68. The van der Waals surface area contributed by atoms with Gasteiger partial charge in [0.15, 0.2) is 0 Å². The SMILES string of the molecule is COC(=O)/C=C1/SCC(=O)N1Cc1c(F)cccc1Cl. The zero-order chi connectivity index (χ0) is 14.7. The molecule has 1 saturated heterocycles. The summed E-state index contributed by atoms with van der Waals surface area (Å²) in [4.78, 5) is 24.4. The molecular formula is C13H11ClFNO3S. The normalized spacial score (nSPS) is 16.9. The van der Waals surface area contributed by atoms with Crippen LogP contribution in [0.5, 0.6) is 0 Å². The van der Waals surface area contributed by atoms with E-state index in [1.165, 1.54) is 42.0 Å². The minimum atomic E-state index is -0.563. The van der Waals surface area contributed by atoms with Gasteiger partial charge in [-0.1, -0.05) is 29.4 Å². The number of carbonyl (C=O) groups is 2. The van der Waals surface area contributed by atoms with Crippen LogP contribution in [0, 0.1) is 5.82 Å². The number of nitrogens with zero attached hydrogens (tertiary/aromatic N) is 1. The van der Waals surface area contributed by atoms with Crippen LogP contribution in [-0.2, 0) is 20.9 Å². The summed E-state index contributed by atoms with van der Waals surface area (Å²) in [7, 11) is 1.25. The van der Waals surface area contributed by atoms with E-state index in [2.05, 4.69) is 4.74 Å². The molecule has 0 atom stereocenters.